The maximum absolute atomic E-state index is 12.6. The highest BCUT2D eigenvalue weighted by Crippen LogP contribution is 2.38. The van der Waals surface area contributed by atoms with Crippen molar-refractivity contribution in [3.8, 4) is 11.5 Å². The van der Waals surface area contributed by atoms with Gasteiger partial charge in [0.1, 0.15) is 6.61 Å². The fourth-order valence-corrected chi connectivity index (χ4v) is 4.74. The number of imide groups is 1. The standard InChI is InChI=1S/C23H23ClINO4S/c1-3-5-10-26-22(27)20(31-23(26)28)13-16-11-18(25)21(19(12-16)29-4-2)30-14-15-6-8-17(24)9-7-15/h6-9,11-13H,3-5,10,14H2,1-2H3/b20-13-. The van der Waals surface area contributed by atoms with Crippen molar-refractivity contribution in [3.05, 3.63) is 61.0 Å². The summed E-state index contributed by atoms with van der Waals surface area (Å²) in [6, 6.07) is 11.2. The normalized spacial score (nSPS) is 15.1. The predicted molar refractivity (Wildman–Crippen MR) is 134 cm³/mol. The van der Waals surface area contributed by atoms with Gasteiger partial charge in [0.25, 0.3) is 11.1 Å². The Hall–Kier alpha value is -1.71. The fourth-order valence-electron chi connectivity index (χ4n) is 2.97. The lowest BCUT2D eigenvalue weighted by atomic mass is 10.1. The van der Waals surface area contributed by atoms with E-state index in [0.29, 0.717) is 41.2 Å². The summed E-state index contributed by atoms with van der Waals surface area (Å²) in [6.45, 7) is 5.25. The number of amides is 2. The van der Waals surface area contributed by atoms with Crippen molar-refractivity contribution in [3.63, 3.8) is 0 Å². The number of benzene rings is 2. The van der Waals surface area contributed by atoms with Crippen LogP contribution in [-0.2, 0) is 11.4 Å². The Balaban J connectivity index is 1.82. The highest BCUT2D eigenvalue weighted by molar-refractivity contribution is 14.1. The van der Waals surface area contributed by atoms with E-state index in [1.54, 1.807) is 6.08 Å². The maximum atomic E-state index is 12.6. The van der Waals surface area contributed by atoms with Gasteiger partial charge in [-0.15, -0.1) is 0 Å². The number of carbonyl (C=O) groups is 2. The van der Waals surface area contributed by atoms with E-state index in [4.69, 9.17) is 21.1 Å². The van der Waals surface area contributed by atoms with Gasteiger partial charge in [0.05, 0.1) is 15.1 Å². The third-order valence-corrected chi connectivity index (χ3v) is 6.50. The lowest BCUT2D eigenvalue weighted by Crippen LogP contribution is -2.29. The molecule has 2 amide bonds. The van der Waals surface area contributed by atoms with Gasteiger partial charge in [0.2, 0.25) is 0 Å². The van der Waals surface area contributed by atoms with Crippen LogP contribution in [-0.4, -0.2) is 29.2 Å². The first-order valence-corrected chi connectivity index (χ1v) is 12.3. The molecular weight excluding hydrogens is 549 g/mol. The SMILES string of the molecule is CCCCN1C(=O)S/C(=C\c2cc(I)c(OCc3ccc(Cl)cc3)c(OCC)c2)C1=O. The molecular formula is C23H23ClINO4S. The van der Waals surface area contributed by atoms with Crippen molar-refractivity contribution in [1.82, 2.24) is 4.90 Å². The molecule has 2 aromatic carbocycles. The molecule has 1 saturated heterocycles. The van der Waals surface area contributed by atoms with Gasteiger partial charge in [0.15, 0.2) is 11.5 Å². The number of rotatable bonds is 9. The number of unbranched alkanes of at least 4 members (excludes halogenated alkanes) is 1. The molecule has 2 aromatic rings. The molecule has 0 aromatic heterocycles. The Bertz CT molecular complexity index is 994. The molecule has 0 aliphatic carbocycles. The molecule has 1 aliphatic rings. The van der Waals surface area contributed by atoms with Gasteiger partial charge >= 0.3 is 0 Å². The largest absolute Gasteiger partial charge is 0.490 e. The second-order valence-corrected chi connectivity index (χ2v) is 9.46. The van der Waals surface area contributed by atoms with E-state index >= 15 is 0 Å². The quantitative estimate of drug-likeness (QED) is 0.246. The average molecular weight is 572 g/mol. The van der Waals surface area contributed by atoms with E-state index in [9.17, 15) is 9.59 Å². The molecule has 0 saturated carbocycles. The van der Waals surface area contributed by atoms with Gasteiger partial charge < -0.3 is 9.47 Å². The molecule has 0 atom stereocenters. The van der Waals surface area contributed by atoms with E-state index in [2.05, 4.69) is 22.6 Å². The minimum Gasteiger partial charge on any atom is -0.490 e. The number of thioether (sulfide) groups is 1. The van der Waals surface area contributed by atoms with Crippen LogP contribution in [0.15, 0.2) is 41.3 Å². The first kappa shape index (κ1) is 23.9. The van der Waals surface area contributed by atoms with Crippen LogP contribution >= 0.6 is 46.0 Å². The Labute approximate surface area is 205 Å². The van der Waals surface area contributed by atoms with Crippen LogP contribution in [0.4, 0.5) is 4.79 Å². The van der Waals surface area contributed by atoms with Gasteiger partial charge in [-0.3, -0.25) is 14.5 Å². The van der Waals surface area contributed by atoms with Gasteiger partial charge in [-0.05, 0) is 89.2 Å². The van der Waals surface area contributed by atoms with Gasteiger partial charge in [0, 0.05) is 11.6 Å². The average Bonchev–Trinajstić information content (AvgIpc) is 3.00. The van der Waals surface area contributed by atoms with Crippen LogP contribution in [0.2, 0.25) is 5.02 Å². The monoisotopic (exact) mass is 571 g/mol. The number of ether oxygens (including phenoxy) is 2. The maximum Gasteiger partial charge on any atom is 0.293 e. The summed E-state index contributed by atoms with van der Waals surface area (Å²) in [5.41, 5.74) is 1.78. The van der Waals surface area contributed by atoms with Crippen molar-refractivity contribution in [1.29, 1.82) is 0 Å². The van der Waals surface area contributed by atoms with Crippen molar-refractivity contribution >= 4 is 63.2 Å². The molecule has 1 heterocycles. The zero-order valence-electron chi connectivity index (χ0n) is 17.3. The van der Waals surface area contributed by atoms with Gasteiger partial charge in [-0.2, -0.15) is 0 Å². The Morgan fingerprint density at radius 3 is 2.55 bits per heavy atom. The molecule has 164 valence electrons. The first-order valence-electron chi connectivity index (χ1n) is 10.0. The molecule has 0 spiro atoms. The third kappa shape index (κ3) is 6.17. The Kier molecular flexibility index (Phi) is 8.68. The van der Waals surface area contributed by atoms with E-state index in [1.807, 2.05) is 50.2 Å². The van der Waals surface area contributed by atoms with Gasteiger partial charge in [-0.1, -0.05) is 37.1 Å². The van der Waals surface area contributed by atoms with Crippen LogP contribution in [0.1, 0.15) is 37.8 Å². The molecule has 3 rings (SSSR count). The lowest BCUT2D eigenvalue weighted by molar-refractivity contribution is -0.122. The number of hydrogen-bond donors (Lipinski definition) is 0. The first-order chi connectivity index (χ1) is 14.9. The molecule has 5 nitrogen and oxygen atoms in total. The minimum atomic E-state index is -0.237. The third-order valence-electron chi connectivity index (χ3n) is 4.53. The van der Waals surface area contributed by atoms with Crippen LogP contribution in [0, 0.1) is 3.57 Å². The molecule has 0 radical (unpaired) electrons. The van der Waals surface area contributed by atoms with E-state index in [1.165, 1.54) is 4.90 Å². The predicted octanol–water partition coefficient (Wildman–Crippen LogP) is 6.76. The van der Waals surface area contributed by atoms with Crippen molar-refractivity contribution in [2.75, 3.05) is 13.2 Å². The van der Waals surface area contributed by atoms with Crippen molar-refractivity contribution < 1.29 is 19.1 Å². The highest BCUT2D eigenvalue weighted by atomic mass is 127. The molecule has 0 N–H and O–H groups in total. The van der Waals surface area contributed by atoms with Crippen LogP contribution in [0.3, 0.4) is 0 Å². The Morgan fingerprint density at radius 1 is 1.13 bits per heavy atom. The summed E-state index contributed by atoms with van der Waals surface area (Å²) in [5.74, 6) is 1.00. The molecule has 8 heteroatoms. The fraction of sp³-hybridized carbons (Fsp3) is 0.304. The lowest BCUT2D eigenvalue weighted by Gasteiger charge is -2.15. The molecule has 0 unspecified atom stereocenters. The number of halogens is 2. The number of hydrogen-bond acceptors (Lipinski definition) is 5. The minimum absolute atomic E-state index is 0.215. The highest BCUT2D eigenvalue weighted by Gasteiger charge is 2.34. The van der Waals surface area contributed by atoms with Crippen LogP contribution < -0.4 is 9.47 Å². The van der Waals surface area contributed by atoms with E-state index in [0.717, 1.165) is 39.3 Å². The summed E-state index contributed by atoms with van der Waals surface area (Å²) in [4.78, 5) is 26.6. The van der Waals surface area contributed by atoms with E-state index < -0.39 is 0 Å². The van der Waals surface area contributed by atoms with Crippen molar-refractivity contribution in [2.45, 2.75) is 33.3 Å². The van der Waals surface area contributed by atoms with Crippen molar-refractivity contribution in [2.24, 2.45) is 0 Å². The summed E-state index contributed by atoms with van der Waals surface area (Å²) in [6.07, 6.45) is 3.47. The summed E-state index contributed by atoms with van der Waals surface area (Å²) in [7, 11) is 0. The summed E-state index contributed by atoms with van der Waals surface area (Å²) in [5, 5.41) is 0.462. The smallest absolute Gasteiger partial charge is 0.293 e. The zero-order chi connectivity index (χ0) is 22.4. The number of nitrogens with zero attached hydrogens (tertiary/aromatic N) is 1. The van der Waals surface area contributed by atoms with Crippen LogP contribution in [0.5, 0.6) is 11.5 Å². The summed E-state index contributed by atoms with van der Waals surface area (Å²) >= 11 is 9.12. The molecule has 1 fully saturated rings. The molecule has 31 heavy (non-hydrogen) atoms. The second-order valence-electron chi connectivity index (χ2n) is 6.87. The Morgan fingerprint density at radius 2 is 1.87 bits per heavy atom. The molecule has 0 bridgehead atoms. The van der Waals surface area contributed by atoms with E-state index in [-0.39, 0.29) is 11.1 Å². The number of carbonyl (C=O) groups excluding carboxylic acids is 2. The molecule has 1 aliphatic heterocycles. The topological polar surface area (TPSA) is 55.8 Å². The second kappa shape index (κ2) is 11.2. The zero-order valence-corrected chi connectivity index (χ0v) is 21.1. The van der Waals surface area contributed by atoms with Crippen LogP contribution in [0.25, 0.3) is 6.08 Å². The van der Waals surface area contributed by atoms with Gasteiger partial charge in [-0.25, -0.2) is 0 Å². The summed E-state index contributed by atoms with van der Waals surface area (Å²) < 4.78 is 12.7.